The number of hydrogen-bond donors (Lipinski definition) is 1. The largest absolute Gasteiger partial charge is 0.385 e. The van der Waals surface area contributed by atoms with Gasteiger partial charge in [-0.1, -0.05) is 19.8 Å². The molecule has 1 rings (SSSR count). The summed E-state index contributed by atoms with van der Waals surface area (Å²) in [6, 6.07) is 0.681. The number of nitrogens with one attached hydrogen (secondary N) is 1. The van der Waals surface area contributed by atoms with Gasteiger partial charge in [-0.05, 0) is 38.1 Å². The highest BCUT2D eigenvalue weighted by atomic mass is 16.5. The monoisotopic (exact) mass is 199 g/mol. The zero-order chi connectivity index (χ0) is 10.4. The molecule has 14 heavy (non-hydrogen) atoms. The highest BCUT2D eigenvalue weighted by Crippen LogP contribution is 2.41. The summed E-state index contributed by atoms with van der Waals surface area (Å²) < 4.78 is 5.10. The van der Waals surface area contributed by atoms with Gasteiger partial charge < -0.3 is 10.1 Å². The number of hydrogen-bond acceptors (Lipinski definition) is 2. The predicted molar refractivity (Wildman–Crippen MR) is 60.5 cm³/mol. The summed E-state index contributed by atoms with van der Waals surface area (Å²) in [6.45, 7) is 3.34. The molecule has 1 saturated carbocycles. The summed E-state index contributed by atoms with van der Waals surface area (Å²) in [5.74, 6) is 0. The molecule has 0 radical (unpaired) electrons. The molecule has 0 aromatic heterocycles. The Morgan fingerprint density at radius 2 is 2.00 bits per heavy atom. The molecule has 0 aromatic rings. The molecule has 0 aromatic carbocycles. The van der Waals surface area contributed by atoms with Gasteiger partial charge in [0, 0.05) is 19.8 Å². The Morgan fingerprint density at radius 3 is 2.50 bits per heavy atom. The van der Waals surface area contributed by atoms with Gasteiger partial charge >= 0.3 is 0 Å². The summed E-state index contributed by atoms with van der Waals surface area (Å²) in [6.07, 6.45) is 8.05. The van der Waals surface area contributed by atoms with Crippen molar-refractivity contribution in [3.8, 4) is 0 Å². The molecule has 1 fully saturated rings. The van der Waals surface area contributed by atoms with Crippen LogP contribution in [0.5, 0.6) is 0 Å². The van der Waals surface area contributed by atoms with Crippen LogP contribution in [-0.4, -0.2) is 26.8 Å². The Morgan fingerprint density at radius 1 is 1.36 bits per heavy atom. The Balaban J connectivity index is 2.35. The van der Waals surface area contributed by atoms with Gasteiger partial charge in [-0.2, -0.15) is 0 Å². The van der Waals surface area contributed by atoms with Crippen LogP contribution in [0.4, 0.5) is 0 Å². The molecule has 0 heterocycles. The van der Waals surface area contributed by atoms with E-state index in [1.165, 1.54) is 38.5 Å². The molecule has 0 saturated heterocycles. The topological polar surface area (TPSA) is 21.3 Å². The summed E-state index contributed by atoms with van der Waals surface area (Å²) in [5, 5.41) is 3.49. The second-order valence-electron chi connectivity index (χ2n) is 4.84. The molecular weight excluding hydrogens is 174 g/mol. The van der Waals surface area contributed by atoms with Crippen LogP contribution >= 0.6 is 0 Å². The van der Waals surface area contributed by atoms with Crippen LogP contribution in [0.25, 0.3) is 0 Å². The fourth-order valence-corrected chi connectivity index (χ4v) is 2.80. The van der Waals surface area contributed by atoms with Crippen LogP contribution in [-0.2, 0) is 4.74 Å². The average molecular weight is 199 g/mol. The normalized spacial score (nSPS) is 22.5. The van der Waals surface area contributed by atoms with Crippen molar-refractivity contribution in [1.29, 1.82) is 0 Å². The lowest BCUT2D eigenvalue weighted by Crippen LogP contribution is -2.40. The molecule has 1 aliphatic carbocycles. The summed E-state index contributed by atoms with van der Waals surface area (Å²) in [4.78, 5) is 0. The smallest absolute Gasteiger partial charge is 0.0462 e. The molecule has 2 heteroatoms. The lowest BCUT2D eigenvalue weighted by atomic mass is 9.78. The van der Waals surface area contributed by atoms with Crippen LogP contribution in [0, 0.1) is 5.41 Å². The minimum atomic E-state index is 0.544. The van der Waals surface area contributed by atoms with Crippen molar-refractivity contribution in [2.75, 3.05) is 20.8 Å². The lowest BCUT2D eigenvalue weighted by Gasteiger charge is -2.34. The maximum Gasteiger partial charge on any atom is 0.0462 e. The summed E-state index contributed by atoms with van der Waals surface area (Å²) in [5.41, 5.74) is 0.544. The van der Waals surface area contributed by atoms with Crippen molar-refractivity contribution in [1.82, 2.24) is 5.32 Å². The van der Waals surface area contributed by atoms with Crippen LogP contribution in [0.1, 0.15) is 45.4 Å². The van der Waals surface area contributed by atoms with Gasteiger partial charge in [0.05, 0.1) is 0 Å². The van der Waals surface area contributed by atoms with Crippen molar-refractivity contribution in [3.63, 3.8) is 0 Å². The van der Waals surface area contributed by atoms with Crippen LogP contribution in [0.15, 0.2) is 0 Å². The van der Waals surface area contributed by atoms with E-state index in [1.807, 2.05) is 0 Å². The standard InChI is InChI=1S/C12H25NO/c1-12(8-4-5-9-12)11(13-2)7-6-10-14-3/h11,13H,4-10H2,1-3H3. The zero-order valence-corrected chi connectivity index (χ0v) is 9.94. The van der Waals surface area contributed by atoms with Crippen LogP contribution < -0.4 is 5.32 Å². The molecule has 84 valence electrons. The summed E-state index contributed by atoms with van der Waals surface area (Å²) >= 11 is 0. The predicted octanol–water partition coefficient (Wildman–Crippen LogP) is 2.58. The van der Waals surface area contributed by atoms with E-state index in [1.54, 1.807) is 7.11 Å². The van der Waals surface area contributed by atoms with E-state index in [2.05, 4.69) is 19.3 Å². The number of methoxy groups -OCH3 is 1. The Kier molecular flexibility index (Phi) is 4.90. The molecule has 1 aliphatic rings. The van der Waals surface area contributed by atoms with Gasteiger partial charge in [-0.25, -0.2) is 0 Å². The Labute approximate surface area is 88.4 Å². The molecule has 0 bridgehead atoms. The van der Waals surface area contributed by atoms with E-state index in [-0.39, 0.29) is 0 Å². The molecule has 0 aliphatic heterocycles. The second kappa shape index (κ2) is 5.72. The average Bonchev–Trinajstić information content (AvgIpc) is 2.61. The highest BCUT2D eigenvalue weighted by molar-refractivity contribution is 4.90. The third-order valence-corrected chi connectivity index (χ3v) is 3.78. The minimum Gasteiger partial charge on any atom is -0.385 e. The van der Waals surface area contributed by atoms with E-state index < -0.39 is 0 Å². The van der Waals surface area contributed by atoms with Crippen molar-refractivity contribution in [2.24, 2.45) is 5.41 Å². The lowest BCUT2D eigenvalue weighted by molar-refractivity contribution is 0.166. The SMILES string of the molecule is CNC(CCCOC)C1(C)CCCC1. The van der Waals surface area contributed by atoms with E-state index in [0.717, 1.165) is 6.61 Å². The van der Waals surface area contributed by atoms with E-state index >= 15 is 0 Å². The van der Waals surface area contributed by atoms with Gasteiger partial charge in [0.15, 0.2) is 0 Å². The molecule has 0 amide bonds. The van der Waals surface area contributed by atoms with Crippen molar-refractivity contribution in [2.45, 2.75) is 51.5 Å². The minimum absolute atomic E-state index is 0.544. The Hall–Kier alpha value is -0.0800. The maximum absolute atomic E-state index is 5.10. The maximum atomic E-state index is 5.10. The van der Waals surface area contributed by atoms with Crippen LogP contribution in [0.2, 0.25) is 0 Å². The first kappa shape index (κ1) is 12.0. The quantitative estimate of drug-likeness (QED) is 0.664. The third-order valence-electron chi connectivity index (χ3n) is 3.78. The molecule has 1 N–H and O–H groups in total. The zero-order valence-electron chi connectivity index (χ0n) is 9.94. The fraction of sp³-hybridized carbons (Fsp3) is 1.00. The number of rotatable bonds is 6. The highest BCUT2D eigenvalue weighted by Gasteiger charge is 2.35. The molecule has 0 spiro atoms. The summed E-state index contributed by atoms with van der Waals surface area (Å²) in [7, 11) is 3.88. The molecule has 1 atom stereocenters. The molecular formula is C12H25NO. The third kappa shape index (κ3) is 2.96. The van der Waals surface area contributed by atoms with Gasteiger partial charge in [-0.3, -0.25) is 0 Å². The van der Waals surface area contributed by atoms with Crippen LogP contribution in [0.3, 0.4) is 0 Å². The number of ether oxygens (including phenoxy) is 1. The van der Waals surface area contributed by atoms with Crippen molar-refractivity contribution >= 4 is 0 Å². The van der Waals surface area contributed by atoms with E-state index in [9.17, 15) is 0 Å². The molecule has 2 nitrogen and oxygen atoms in total. The van der Waals surface area contributed by atoms with Crippen molar-refractivity contribution < 1.29 is 4.74 Å². The van der Waals surface area contributed by atoms with Gasteiger partial charge in [0.1, 0.15) is 0 Å². The van der Waals surface area contributed by atoms with Gasteiger partial charge in [-0.15, -0.1) is 0 Å². The van der Waals surface area contributed by atoms with E-state index in [4.69, 9.17) is 4.74 Å². The first-order valence-corrected chi connectivity index (χ1v) is 5.89. The first-order chi connectivity index (χ1) is 6.73. The molecule has 1 unspecified atom stereocenters. The van der Waals surface area contributed by atoms with Gasteiger partial charge in [0.25, 0.3) is 0 Å². The fourth-order valence-electron chi connectivity index (χ4n) is 2.80. The first-order valence-electron chi connectivity index (χ1n) is 5.89. The second-order valence-corrected chi connectivity index (χ2v) is 4.84. The Bertz CT molecular complexity index is 152. The van der Waals surface area contributed by atoms with E-state index in [0.29, 0.717) is 11.5 Å². The van der Waals surface area contributed by atoms with Crippen molar-refractivity contribution in [3.05, 3.63) is 0 Å². The van der Waals surface area contributed by atoms with Gasteiger partial charge in [0.2, 0.25) is 0 Å².